The molecule has 0 saturated heterocycles. The van der Waals surface area contributed by atoms with E-state index in [1.165, 1.54) is 122 Å². The summed E-state index contributed by atoms with van der Waals surface area (Å²) in [5, 5.41) is 8.13. The lowest BCUT2D eigenvalue weighted by Crippen LogP contribution is -2.51. The van der Waals surface area contributed by atoms with Crippen LogP contribution in [0.25, 0.3) is 0 Å². The molecule has 0 aliphatic carbocycles. The Morgan fingerprint density at radius 2 is 0.511 bits per heavy atom. The number of nitrogens with one attached hydrogen (secondary N) is 3. The number of ether oxygens (including phenoxy) is 6. The van der Waals surface area contributed by atoms with Gasteiger partial charge in [-0.2, -0.15) is 0 Å². The Morgan fingerprint density at radius 1 is 0.295 bits per heavy atom. The van der Waals surface area contributed by atoms with Crippen molar-refractivity contribution in [2.24, 2.45) is 0 Å². The van der Waals surface area contributed by atoms with Gasteiger partial charge in [0, 0.05) is 0 Å². The summed E-state index contributed by atoms with van der Waals surface area (Å²) >= 11 is 0. The second kappa shape index (κ2) is 52.1. The van der Waals surface area contributed by atoms with Crippen LogP contribution in [0, 0.1) is 0 Å². The molecule has 0 heterocycles. The minimum Gasteiger partial charge on any atom is -0.460 e. The Morgan fingerprint density at radius 3 is 0.750 bits per heavy atom. The maximum atomic E-state index is 14.5. The van der Waals surface area contributed by atoms with Crippen molar-refractivity contribution in [3.8, 4) is 0 Å². The Bertz CT molecular complexity index is 1810. The van der Waals surface area contributed by atoms with Crippen LogP contribution in [0.3, 0.4) is 0 Å². The Kier molecular flexibility index (Phi) is 49.4. The lowest BCUT2D eigenvalue weighted by atomic mass is 10.0. The summed E-state index contributed by atoms with van der Waals surface area (Å²) in [6, 6.07) is -3.40. The molecule has 3 atom stereocenters. The maximum absolute atomic E-state index is 14.5. The SMILES string of the molecule is CCCCCCCC/C=C\CCCCCC[C@H](NC(=O)OC(C)(C)C)C(=O)OCC(C)(COC(=O)[C@H](CCCCCC/C=C\CCCCCCCC)NC(=O)OC(C)(C)C)OC(=O)[C@H](CCCCCC/C=C\CCCCCCCC)NC(=O)OC(C)(C)C. The monoisotopic (exact) mass is 1240 g/mol. The standard InChI is InChI=1S/C73H133N3O12/c1-14-17-20-23-26-29-32-35-38-41-44-47-50-53-56-61(74-67(80)86-70(4,5)6)64(77)83-59-73(13,85-66(79)63(76-69(82)88-72(10,11)12)58-55-52-49-46-43-40-37-34-31-28-25-22-19-16-3)60-84-65(78)62(75-68(81)87-71(7,8)9)57-54-51-48-45-42-39-36-33-30-27-24-21-18-15-2/h35-40,61-63H,14-34,41-60H2,1-13H3,(H,74,80)(H,75,81)(H,76,82)/b38-35-,39-36-,40-37-/t61-,62-,63-/m0/s1. The van der Waals surface area contributed by atoms with Gasteiger partial charge in [0.25, 0.3) is 0 Å². The molecule has 0 aliphatic heterocycles. The molecular formula is C73H133N3O12. The first kappa shape index (κ1) is 83.4. The number of amides is 3. The van der Waals surface area contributed by atoms with Gasteiger partial charge < -0.3 is 44.4 Å². The molecule has 0 aromatic carbocycles. The van der Waals surface area contributed by atoms with Crippen molar-refractivity contribution in [3.63, 3.8) is 0 Å². The average Bonchev–Trinajstić information content (AvgIpc) is 1.76. The van der Waals surface area contributed by atoms with Crippen molar-refractivity contribution in [1.82, 2.24) is 16.0 Å². The molecule has 0 aliphatic rings. The highest BCUT2D eigenvalue weighted by Gasteiger charge is 2.39. The van der Waals surface area contributed by atoms with E-state index in [4.69, 9.17) is 28.4 Å². The molecule has 15 nitrogen and oxygen atoms in total. The summed E-state index contributed by atoms with van der Waals surface area (Å²) in [7, 11) is 0. The highest BCUT2D eigenvalue weighted by atomic mass is 16.6. The fraction of sp³-hybridized carbons (Fsp3) is 0.836. The fourth-order valence-electron chi connectivity index (χ4n) is 9.89. The molecule has 0 rings (SSSR count). The summed E-state index contributed by atoms with van der Waals surface area (Å²) in [4.78, 5) is 82.7. The molecule has 0 radical (unpaired) electrons. The summed E-state index contributed by atoms with van der Waals surface area (Å²) < 4.78 is 34.8. The summed E-state index contributed by atoms with van der Waals surface area (Å²) in [6.45, 7) is 22.6. The van der Waals surface area contributed by atoms with Crippen molar-refractivity contribution < 1.29 is 57.2 Å². The number of carbonyl (C=O) groups excluding carboxylic acids is 6. The van der Waals surface area contributed by atoms with Gasteiger partial charge in [-0.25, -0.2) is 28.8 Å². The van der Waals surface area contributed by atoms with Crippen molar-refractivity contribution >= 4 is 36.2 Å². The molecule has 0 saturated carbocycles. The fourth-order valence-corrected chi connectivity index (χ4v) is 9.89. The van der Waals surface area contributed by atoms with E-state index in [9.17, 15) is 28.8 Å². The van der Waals surface area contributed by atoms with Crippen LogP contribution in [0.5, 0.6) is 0 Å². The van der Waals surface area contributed by atoms with Gasteiger partial charge in [-0.15, -0.1) is 0 Å². The zero-order valence-electron chi connectivity index (χ0n) is 58.6. The molecule has 512 valence electrons. The number of unbranched alkanes of at least 4 members (excludes halogenated alkanes) is 30. The van der Waals surface area contributed by atoms with Gasteiger partial charge in [-0.1, -0.05) is 211 Å². The van der Waals surface area contributed by atoms with E-state index in [0.717, 1.165) is 96.3 Å². The van der Waals surface area contributed by atoms with Crippen LogP contribution < -0.4 is 16.0 Å². The minimum atomic E-state index is -1.82. The van der Waals surface area contributed by atoms with E-state index in [1.807, 2.05) is 0 Å². The predicted octanol–water partition coefficient (Wildman–Crippen LogP) is 20.0. The van der Waals surface area contributed by atoms with E-state index < -0.39 is 89.9 Å². The topological polar surface area (TPSA) is 194 Å². The Balaban J connectivity index is 6.54. The van der Waals surface area contributed by atoms with Crippen molar-refractivity contribution in [2.45, 2.75) is 381 Å². The van der Waals surface area contributed by atoms with Gasteiger partial charge in [0.05, 0.1) is 0 Å². The van der Waals surface area contributed by atoms with Crippen LogP contribution in [-0.2, 0) is 42.8 Å². The number of carbonyl (C=O) groups is 6. The van der Waals surface area contributed by atoms with Gasteiger partial charge in [-0.3, -0.25) is 0 Å². The molecule has 0 aromatic heterocycles. The second-order valence-electron chi connectivity index (χ2n) is 27.7. The third-order valence-corrected chi connectivity index (χ3v) is 14.8. The third kappa shape index (κ3) is 53.3. The molecule has 0 bridgehead atoms. The predicted molar refractivity (Wildman–Crippen MR) is 360 cm³/mol. The molecular weight excluding hydrogens is 1110 g/mol. The van der Waals surface area contributed by atoms with Gasteiger partial charge in [0.2, 0.25) is 0 Å². The molecule has 3 amide bonds. The summed E-state index contributed by atoms with van der Waals surface area (Å²) in [6.07, 6.45) is 51.0. The number of hydrogen-bond acceptors (Lipinski definition) is 12. The lowest BCUT2D eigenvalue weighted by Gasteiger charge is -2.32. The molecule has 0 fully saturated rings. The largest absolute Gasteiger partial charge is 0.460 e. The molecule has 0 spiro atoms. The first-order valence-electron chi connectivity index (χ1n) is 35.3. The third-order valence-electron chi connectivity index (χ3n) is 14.8. The molecule has 0 aromatic rings. The quantitative estimate of drug-likeness (QED) is 0.0226. The lowest BCUT2D eigenvalue weighted by molar-refractivity contribution is -0.184. The average molecular weight is 1240 g/mol. The van der Waals surface area contributed by atoms with E-state index >= 15 is 0 Å². The van der Waals surface area contributed by atoms with Crippen LogP contribution in [0.1, 0.15) is 340 Å². The van der Waals surface area contributed by atoms with Gasteiger partial charge >= 0.3 is 36.2 Å². The van der Waals surface area contributed by atoms with Crippen LogP contribution in [-0.4, -0.2) is 89.9 Å². The highest BCUT2D eigenvalue weighted by molar-refractivity contribution is 5.83. The van der Waals surface area contributed by atoms with Crippen LogP contribution in [0.2, 0.25) is 0 Å². The maximum Gasteiger partial charge on any atom is 0.408 e. The van der Waals surface area contributed by atoms with Gasteiger partial charge in [0.1, 0.15) is 48.1 Å². The van der Waals surface area contributed by atoms with Crippen molar-refractivity contribution in [2.75, 3.05) is 13.2 Å². The van der Waals surface area contributed by atoms with Crippen molar-refractivity contribution in [1.29, 1.82) is 0 Å². The number of esters is 3. The number of alkyl carbamates (subject to hydrolysis) is 3. The Hall–Kier alpha value is -4.56. The zero-order chi connectivity index (χ0) is 65.8. The van der Waals surface area contributed by atoms with Gasteiger partial charge in [0.15, 0.2) is 5.60 Å². The van der Waals surface area contributed by atoms with Crippen molar-refractivity contribution in [3.05, 3.63) is 36.5 Å². The van der Waals surface area contributed by atoms with Crippen LogP contribution in [0.15, 0.2) is 36.5 Å². The second-order valence-corrected chi connectivity index (χ2v) is 27.7. The molecule has 88 heavy (non-hydrogen) atoms. The number of hydrogen-bond donors (Lipinski definition) is 3. The van der Waals surface area contributed by atoms with E-state index in [1.54, 1.807) is 62.3 Å². The summed E-state index contributed by atoms with van der Waals surface area (Å²) in [5.74, 6) is -2.44. The first-order valence-corrected chi connectivity index (χ1v) is 35.3. The molecule has 3 N–H and O–H groups in total. The molecule has 0 unspecified atom stereocenters. The normalized spacial score (nSPS) is 13.3. The first-order chi connectivity index (χ1) is 41.8. The smallest absolute Gasteiger partial charge is 0.408 e. The Labute approximate surface area is 537 Å². The number of allylic oxidation sites excluding steroid dienone is 6. The van der Waals surface area contributed by atoms with E-state index in [2.05, 4.69) is 73.2 Å². The highest BCUT2D eigenvalue weighted by Crippen LogP contribution is 2.22. The minimum absolute atomic E-state index is 0.219. The van der Waals surface area contributed by atoms with Gasteiger partial charge in [-0.05, 0) is 166 Å². The summed E-state index contributed by atoms with van der Waals surface area (Å²) in [5.41, 5.74) is -4.37. The van der Waals surface area contributed by atoms with Crippen LogP contribution in [0.4, 0.5) is 14.4 Å². The van der Waals surface area contributed by atoms with E-state index in [-0.39, 0.29) is 19.3 Å². The zero-order valence-corrected chi connectivity index (χ0v) is 58.6. The number of rotatable bonds is 53. The molecule has 15 heteroatoms. The van der Waals surface area contributed by atoms with Crippen LogP contribution >= 0.6 is 0 Å². The van der Waals surface area contributed by atoms with E-state index in [0.29, 0.717) is 19.3 Å².